The first-order valence-corrected chi connectivity index (χ1v) is 10.4. The summed E-state index contributed by atoms with van der Waals surface area (Å²) in [6.45, 7) is 5.74. The number of esters is 1. The molecule has 0 N–H and O–H groups in total. The van der Waals surface area contributed by atoms with Gasteiger partial charge in [0.05, 0.1) is 23.9 Å². The number of oxazole rings is 1. The van der Waals surface area contributed by atoms with Crippen LogP contribution in [0.5, 0.6) is 11.5 Å². The van der Waals surface area contributed by atoms with Gasteiger partial charge in [-0.05, 0) is 51.1 Å². The average Bonchev–Trinajstić information content (AvgIpc) is 3.37. The second-order valence-electron chi connectivity index (χ2n) is 7.42. The van der Waals surface area contributed by atoms with Gasteiger partial charge in [0.2, 0.25) is 5.89 Å². The summed E-state index contributed by atoms with van der Waals surface area (Å²) in [6.07, 6.45) is 0. The van der Waals surface area contributed by atoms with Gasteiger partial charge in [-0.1, -0.05) is 23.4 Å². The topological polar surface area (TPSA) is 96.8 Å². The number of hydrogen-bond donors (Lipinski definition) is 0. The number of ether oxygens (including phenoxy) is 3. The Labute approximate surface area is 191 Å². The molecule has 170 valence electrons. The molecule has 8 heteroatoms. The Morgan fingerprint density at radius 3 is 2.45 bits per heavy atom. The fourth-order valence-electron chi connectivity index (χ4n) is 3.26. The van der Waals surface area contributed by atoms with Gasteiger partial charge in [0.1, 0.15) is 30.4 Å². The zero-order chi connectivity index (χ0) is 23.4. The fraction of sp³-hybridized carbons (Fsp3) is 0.240. The Morgan fingerprint density at radius 1 is 0.970 bits per heavy atom. The highest BCUT2D eigenvalue weighted by Crippen LogP contribution is 2.30. The van der Waals surface area contributed by atoms with Crippen molar-refractivity contribution in [1.29, 1.82) is 0 Å². The zero-order valence-corrected chi connectivity index (χ0v) is 18.9. The molecule has 0 aliphatic heterocycles. The molecule has 2 aromatic heterocycles. The first kappa shape index (κ1) is 22.1. The monoisotopic (exact) mass is 448 g/mol. The van der Waals surface area contributed by atoms with Crippen molar-refractivity contribution in [1.82, 2.24) is 10.1 Å². The number of aryl methyl sites for hydroxylation is 3. The van der Waals surface area contributed by atoms with Crippen LogP contribution in [0.25, 0.3) is 11.5 Å². The van der Waals surface area contributed by atoms with Crippen molar-refractivity contribution < 1.29 is 27.9 Å². The molecule has 2 heterocycles. The molecular formula is C25H24N2O6. The second-order valence-corrected chi connectivity index (χ2v) is 7.42. The van der Waals surface area contributed by atoms with Gasteiger partial charge in [-0.25, -0.2) is 9.78 Å². The van der Waals surface area contributed by atoms with E-state index in [0.717, 1.165) is 16.8 Å². The number of rotatable bonds is 8. The van der Waals surface area contributed by atoms with E-state index < -0.39 is 5.97 Å². The number of benzene rings is 2. The highest BCUT2D eigenvalue weighted by molar-refractivity contribution is 5.90. The molecule has 0 aliphatic rings. The van der Waals surface area contributed by atoms with Gasteiger partial charge < -0.3 is 23.2 Å². The van der Waals surface area contributed by atoms with Crippen LogP contribution < -0.4 is 9.47 Å². The lowest BCUT2D eigenvalue weighted by molar-refractivity contribution is 0.0466. The molecule has 4 aromatic rings. The minimum atomic E-state index is -0.505. The molecule has 0 aliphatic carbocycles. The summed E-state index contributed by atoms with van der Waals surface area (Å²) < 4.78 is 27.6. The standard InChI is InChI=1S/C25H24N2O6/c1-15-20(16(2)33-27-15)13-30-22-11-10-19(12-23(22)29-4)25(28)31-14-21-17(3)32-24(26-21)18-8-6-5-7-9-18/h5-12H,13-14H2,1-4H3. The fourth-order valence-corrected chi connectivity index (χ4v) is 3.26. The predicted molar refractivity (Wildman–Crippen MR) is 119 cm³/mol. The van der Waals surface area contributed by atoms with Crippen LogP contribution in [-0.2, 0) is 18.0 Å². The zero-order valence-electron chi connectivity index (χ0n) is 18.9. The SMILES string of the molecule is COc1cc(C(=O)OCc2nc(-c3ccccc3)oc2C)ccc1OCc1c(C)noc1C. The van der Waals surface area contributed by atoms with Crippen molar-refractivity contribution in [2.75, 3.05) is 7.11 Å². The lowest BCUT2D eigenvalue weighted by Crippen LogP contribution is -2.07. The maximum Gasteiger partial charge on any atom is 0.338 e. The Bertz CT molecular complexity index is 1240. The molecule has 0 amide bonds. The van der Waals surface area contributed by atoms with E-state index >= 15 is 0 Å². The van der Waals surface area contributed by atoms with Crippen molar-refractivity contribution in [3.05, 3.63) is 82.6 Å². The highest BCUT2D eigenvalue weighted by Gasteiger charge is 2.17. The summed E-state index contributed by atoms with van der Waals surface area (Å²) in [6, 6.07) is 14.4. The molecule has 2 aromatic carbocycles. The van der Waals surface area contributed by atoms with Crippen LogP contribution in [0, 0.1) is 20.8 Å². The maximum atomic E-state index is 12.6. The van der Waals surface area contributed by atoms with Crippen LogP contribution >= 0.6 is 0 Å². The third kappa shape index (κ3) is 4.90. The number of carbonyl (C=O) groups is 1. The van der Waals surface area contributed by atoms with Crippen molar-refractivity contribution in [3.8, 4) is 23.0 Å². The quantitative estimate of drug-likeness (QED) is 0.339. The van der Waals surface area contributed by atoms with Crippen molar-refractivity contribution in [2.45, 2.75) is 34.0 Å². The van der Waals surface area contributed by atoms with Gasteiger partial charge in [-0.2, -0.15) is 0 Å². The van der Waals surface area contributed by atoms with Gasteiger partial charge in [0.15, 0.2) is 11.5 Å². The number of hydrogen-bond acceptors (Lipinski definition) is 8. The van der Waals surface area contributed by atoms with E-state index in [0.29, 0.717) is 40.2 Å². The maximum absolute atomic E-state index is 12.6. The molecule has 0 saturated heterocycles. The Morgan fingerprint density at radius 2 is 1.76 bits per heavy atom. The summed E-state index contributed by atoms with van der Waals surface area (Å²) in [7, 11) is 1.51. The van der Waals surface area contributed by atoms with Crippen molar-refractivity contribution in [3.63, 3.8) is 0 Å². The Hall–Kier alpha value is -4.07. The number of methoxy groups -OCH3 is 1. The third-order valence-electron chi connectivity index (χ3n) is 5.21. The first-order chi connectivity index (χ1) is 16.0. The van der Waals surface area contributed by atoms with Gasteiger partial charge in [-0.3, -0.25) is 0 Å². The van der Waals surface area contributed by atoms with E-state index in [2.05, 4.69) is 10.1 Å². The highest BCUT2D eigenvalue weighted by atomic mass is 16.5. The van der Waals surface area contributed by atoms with Gasteiger partial charge in [-0.15, -0.1) is 0 Å². The van der Waals surface area contributed by atoms with Crippen molar-refractivity contribution in [2.24, 2.45) is 0 Å². The smallest absolute Gasteiger partial charge is 0.338 e. The summed E-state index contributed by atoms with van der Waals surface area (Å²) in [5.74, 6) is 2.19. The van der Waals surface area contributed by atoms with Crippen LogP contribution in [0.3, 0.4) is 0 Å². The summed E-state index contributed by atoms with van der Waals surface area (Å²) in [4.78, 5) is 17.1. The molecule has 0 atom stereocenters. The summed E-state index contributed by atoms with van der Waals surface area (Å²) in [5, 5.41) is 3.92. The lowest BCUT2D eigenvalue weighted by atomic mass is 10.2. The first-order valence-electron chi connectivity index (χ1n) is 10.4. The van der Waals surface area contributed by atoms with E-state index in [9.17, 15) is 4.79 Å². The molecule has 0 unspecified atom stereocenters. The Balaban J connectivity index is 1.42. The van der Waals surface area contributed by atoms with Crippen LogP contribution in [0.1, 0.15) is 38.8 Å². The van der Waals surface area contributed by atoms with E-state index in [1.165, 1.54) is 7.11 Å². The molecule has 8 nitrogen and oxygen atoms in total. The van der Waals surface area contributed by atoms with E-state index in [4.69, 9.17) is 23.2 Å². The Kier molecular flexibility index (Phi) is 6.44. The summed E-state index contributed by atoms with van der Waals surface area (Å²) >= 11 is 0. The van der Waals surface area contributed by atoms with Crippen LogP contribution in [0.15, 0.2) is 57.5 Å². The minimum Gasteiger partial charge on any atom is -0.493 e. The lowest BCUT2D eigenvalue weighted by Gasteiger charge is -2.12. The van der Waals surface area contributed by atoms with Gasteiger partial charge in [0, 0.05) is 5.56 Å². The number of nitrogens with zero attached hydrogens (tertiary/aromatic N) is 2. The normalized spacial score (nSPS) is 10.8. The largest absolute Gasteiger partial charge is 0.493 e. The molecular weight excluding hydrogens is 424 g/mol. The van der Waals surface area contributed by atoms with E-state index in [-0.39, 0.29) is 13.2 Å². The van der Waals surface area contributed by atoms with Crippen LogP contribution in [0.2, 0.25) is 0 Å². The molecule has 0 bridgehead atoms. The molecule has 33 heavy (non-hydrogen) atoms. The number of carbonyl (C=O) groups excluding carboxylic acids is 1. The molecule has 0 spiro atoms. The molecule has 0 fully saturated rings. The van der Waals surface area contributed by atoms with E-state index in [1.54, 1.807) is 25.1 Å². The van der Waals surface area contributed by atoms with Gasteiger partial charge >= 0.3 is 5.97 Å². The second kappa shape index (κ2) is 9.60. The summed E-state index contributed by atoms with van der Waals surface area (Å²) in [5.41, 5.74) is 3.40. The number of aromatic nitrogens is 2. The van der Waals surface area contributed by atoms with Crippen LogP contribution in [-0.4, -0.2) is 23.2 Å². The minimum absolute atomic E-state index is 0.00634. The third-order valence-corrected chi connectivity index (χ3v) is 5.21. The van der Waals surface area contributed by atoms with E-state index in [1.807, 2.05) is 44.2 Å². The molecule has 4 rings (SSSR count). The van der Waals surface area contributed by atoms with Crippen LogP contribution in [0.4, 0.5) is 0 Å². The molecule has 0 saturated carbocycles. The molecule has 0 radical (unpaired) electrons. The van der Waals surface area contributed by atoms with Crippen molar-refractivity contribution >= 4 is 5.97 Å². The average molecular weight is 448 g/mol. The predicted octanol–water partition coefficient (Wildman–Crippen LogP) is 5.20. The van der Waals surface area contributed by atoms with Gasteiger partial charge in [0.25, 0.3) is 0 Å².